The van der Waals surface area contributed by atoms with E-state index in [0.717, 1.165) is 26.1 Å². The van der Waals surface area contributed by atoms with E-state index in [-0.39, 0.29) is 18.6 Å². The average Bonchev–Trinajstić information content (AvgIpc) is 2.68. The first kappa shape index (κ1) is 15.9. The normalized spacial score (nSPS) is 17.2. The molecule has 0 radical (unpaired) electrons. The molecule has 1 saturated heterocycles. The molecule has 1 aliphatic heterocycles. The molecule has 0 spiro atoms. The van der Waals surface area contributed by atoms with Gasteiger partial charge in [-0.2, -0.15) is 0 Å². The smallest absolute Gasteiger partial charge is 0.270 e. The third-order valence-corrected chi connectivity index (χ3v) is 3.94. The number of nitrogen functional groups attached to an aromatic ring is 1. The molecule has 0 unspecified atom stereocenters. The maximum atomic E-state index is 12.7. The number of aromatic nitrogens is 1. The fraction of sp³-hybridized carbons (Fsp3) is 0.667. The third kappa shape index (κ3) is 3.77. The molecule has 6 nitrogen and oxygen atoms in total. The summed E-state index contributed by atoms with van der Waals surface area (Å²) in [5, 5.41) is 9.02. The molecule has 118 valence electrons. The van der Waals surface area contributed by atoms with Crippen molar-refractivity contribution in [1.82, 2.24) is 14.4 Å². The van der Waals surface area contributed by atoms with Gasteiger partial charge >= 0.3 is 0 Å². The summed E-state index contributed by atoms with van der Waals surface area (Å²) in [5.41, 5.74) is 7.14. The predicted molar refractivity (Wildman–Crippen MR) is 83.3 cm³/mol. The summed E-state index contributed by atoms with van der Waals surface area (Å²) in [4.78, 5) is 16.8. The molecule has 1 aliphatic rings. The number of amides is 1. The van der Waals surface area contributed by atoms with Gasteiger partial charge in [-0.1, -0.05) is 0 Å². The molecule has 1 amide bonds. The van der Waals surface area contributed by atoms with Gasteiger partial charge in [0, 0.05) is 38.4 Å². The first-order chi connectivity index (χ1) is 10.0. The summed E-state index contributed by atoms with van der Waals surface area (Å²) in [6.45, 7) is 8.12. The number of nitrogens with zero attached hydrogens (tertiary/aromatic N) is 3. The Morgan fingerprint density at radius 2 is 2.10 bits per heavy atom. The van der Waals surface area contributed by atoms with E-state index in [1.807, 2.05) is 29.5 Å². The Hall–Kier alpha value is -1.53. The number of aliphatic hydroxyl groups is 1. The number of nitrogens with two attached hydrogens (primary N) is 1. The second-order valence-electron chi connectivity index (χ2n) is 5.87. The largest absolute Gasteiger partial charge is 0.397 e. The summed E-state index contributed by atoms with van der Waals surface area (Å²) >= 11 is 0. The molecule has 21 heavy (non-hydrogen) atoms. The van der Waals surface area contributed by atoms with E-state index >= 15 is 0 Å². The van der Waals surface area contributed by atoms with Gasteiger partial charge in [0.05, 0.1) is 12.3 Å². The molecule has 0 aromatic carbocycles. The summed E-state index contributed by atoms with van der Waals surface area (Å²) in [6, 6.07) is 1.97. The van der Waals surface area contributed by atoms with Gasteiger partial charge in [-0.05, 0) is 32.9 Å². The van der Waals surface area contributed by atoms with Crippen LogP contribution in [0.5, 0.6) is 0 Å². The van der Waals surface area contributed by atoms with Crippen molar-refractivity contribution < 1.29 is 9.90 Å². The summed E-state index contributed by atoms with van der Waals surface area (Å²) < 4.78 is 1.94. The third-order valence-electron chi connectivity index (χ3n) is 3.94. The SMILES string of the molecule is CC(C)n1cc(N)cc1C(=O)N1CCCN(CCO)CC1. The second kappa shape index (κ2) is 6.95. The minimum atomic E-state index is 0.0475. The standard InChI is InChI=1S/C15H26N4O2/c1-12(2)19-11-13(16)10-14(19)15(21)18-5-3-4-17(6-7-18)8-9-20/h10-12,20H,3-9,16H2,1-2H3. The van der Waals surface area contributed by atoms with Crippen molar-refractivity contribution in [2.45, 2.75) is 26.3 Å². The summed E-state index contributed by atoms with van der Waals surface area (Å²) in [5.74, 6) is 0.0475. The zero-order chi connectivity index (χ0) is 15.4. The zero-order valence-electron chi connectivity index (χ0n) is 13.0. The van der Waals surface area contributed by atoms with Crippen LogP contribution >= 0.6 is 0 Å². The molecule has 0 atom stereocenters. The highest BCUT2D eigenvalue weighted by molar-refractivity contribution is 5.94. The Balaban J connectivity index is 2.09. The van der Waals surface area contributed by atoms with Gasteiger partial charge in [0.15, 0.2) is 0 Å². The number of hydrogen-bond acceptors (Lipinski definition) is 4. The highest BCUT2D eigenvalue weighted by Crippen LogP contribution is 2.19. The fourth-order valence-corrected chi connectivity index (χ4v) is 2.80. The monoisotopic (exact) mass is 294 g/mol. The molecule has 1 aromatic heterocycles. The summed E-state index contributed by atoms with van der Waals surface area (Å²) in [6.07, 6.45) is 2.76. The van der Waals surface area contributed by atoms with E-state index < -0.39 is 0 Å². The van der Waals surface area contributed by atoms with E-state index in [4.69, 9.17) is 10.8 Å². The molecular formula is C15H26N4O2. The van der Waals surface area contributed by atoms with Crippen LogP contribution in [-0.4, -0.2) is 64.7 Å². The van der Waals surface area contributed by atoms with Crippen molar-refractivity contribution in [2.75, 3.05) is 45.1 Å². The molecule has 3 N–H and O–H groups in total. The van der Waals surface area contributed by atoms with E-state index in [2.05, 4.69) is 4.90 Å². The highest BCUT2D eigenvalue weighted by atomic mass is 16.3. The zero-order valence-corrected chi connectivity index (χ0v) is 13.0. The highest BCUT2D eigenvalue weighted by Gasteiger charge is 2.23. The Bertz CT molecular complexity index is 484. The topological polar surface area (TPSA) is 74.7 Å². The van der Waals surface area contributed by atoms with Crippen LogP contribution in [0.1, 0.15) is 36.8 Å². The molecular weight excluding hydrogens is 268 g/mol. The van der Waals surface area contributed by atoms with Crippen LogP contribution in [0.2, 0.25) is 0 Å². The number of carbonyl (C=O) groups is 1. The Kier molecular flexibility index (Phi) is 5.25. The Morgan fingerprint density at radius 1 is 1.33 bits per heavy atom. The van der Waals surface area contributed by atoms with Crippen LogP contribution in [0.15, 0.2) is 12.3 Å². The van der Waals surface area contributed by atoms with E-state index in [1.165, 1.54) is 0 Å². The molecule has 6 heteroatoms. The van der Waals surface area contributed by atoms with Gasteiger partial charge in [0.2, 0.25) is 0 Å². The van der Waals surface area contributed by atoms with E-state index in [9.17, 15) is 4.79 Å². The maximum Gasteiger partial charge on any atom is 0.270 e. The molecule has 1 fully saturated rings. The molecule has 0 aliphatic carbocycles. The van der Waals surface area contributed by atoms with Gasteiger partial charge < -0.3 is 20.3 Å². The van der Waals surface area contributed by atoms with Gasteiger partial charge in [-0.3, -0.25) is 9.69 Å². The number of hydrogen-bond donors (Lipinski definition) is 2. The fourth-order valence-electron chi connectivity index (χ4n) is 2.80. The van der Waals surface area contributed by atoms with Crippen LogP contribution in [0.4, 0.5) is 5.69 Å². The molecule has 2 rings (SSSR count). The molecule has 0 saturated carbocycles. The Morgan fingerprint density at radius 3 is 2.76 bits per heavy atom. The lowest BCUT2D eigenvalue weighted by atomic mass is 10.3. The van der Waals surface area contributed by atoms with Crippen molar-refractivity contribution in [2.24, 2.45) is 0 Å². The van der Waals surface area contributed by atoms with Crippen molar-refractivity contribution in [1.29, 1.82) is 0 Å². The minimum absolute atomic E-state index is 0.0475. The molecule has 1 aromatic rings. The maximum absolute atomic E-state index is 12.7. The van der Waals surface area contributed by atoms with Crippen LogP contribution in [0.25, 0.3) is 0 Å². The van der Waals surface area contributed by atoms with Crippen molar-refractivity contribution >= 4 is 11.6 Å². The van der Waals surface area contributed by atoms with E-state index in [1.54, 1.807) is 6.07 Å². The second-order valence-corrected chi connectivity index (χ2v) is 5.87. The van der Waals surface area contributed by atoms with Crippen LogP contribution in [0.3, 0.4) is 0 Å². The number of β-amino-alcohol motifs (C(OH)–C–C–N with tert-alkyl or cyclic N) is 1. The first-order valence-electron chi connectivity index (χ1n) is 7.62. The minimum Gasteiger partial charge on any atom is -0.397 e. The first-order valence-corrected chi connectivity index (χ1v) is 7.62. The lowest BCUT2D eigenvalue weighted by Gasteiger charge is -2.23. The van der Waals surface area contributed by atoms with E-state index in [0.29, 0.717) is 24.5 Å². The quantitative estimate of drug-likeness (QED) is 0.861. The number of anilines is 1. The van der Waals surface area contributed by atoms with Crippen molar-refractivity contribution in [3.63, 3.8) is 0 Å². The van der Waals surface area contributed by atoms with Gasteiger partial charge in [0.1, 0.15) is 5.69 Å². The molecule has 0 bridgehead atoms. The Labute approximate surface area is 126 Å². The van der Waals surface area contributed by atoms with Gasteiger partial charge in [-0.25, -0.2) is 0 Å². The van der Waals surface area contributed by atoms with Gasteiger partial charge in [0.25, 0.3) is 5.91 Å². The lowest BCUT2D eigenvalue weighted by molar-refractivity contribution is 0.0748. The number of carbonyl (C=O) groups excluding carboxylic acids is 1. The van der Waals surface area contributed by atoms with Gasteiger partial charge in [-0.15, -0.1) is 0 Å². The van der Waals surface area contributed by atoms with Crippen LogP contribution in [0, 0.1) is 0 Å². The van der Waals surface area contributed by atoms with Crippen molar-refractivity contribution in [3.8, 4) is 0 Å². The predicted octanol–water partition coefficient (Wildman–Crippen LogP) is 0.791. The van der Waals surface area contributed by atoms with Crippen LogP contribution in [-0.2, 0) is 0 Å². The number of rotatable bonds is 4. The lowest BCUT2D eigenvalue weighted by Crippen LogP contribution is -2.36. The number of aliphatic hydroxyl groups excluding tert-OH is 1. The van der Waals surface area contributed by atoms with Crippen LogP contribution < -0.4 is 5.73 Å². The van der Waals surface area contributed by atoms with Crippen molar-refractivity contribution in [3.05, 3.63) is 18.0 Å². The molecule has 2 heterocycles. The summed E-state index contributed by atoms with van der Waals surface area (Å²) in [7, 11) is 0. The average molecular weight is 294 g/mol.